The van der Waals surface area contributed by atoms with Crippen LogP contribution in [0.1, 0.15) is 63.6 Å². The lowest BCUT2D eigenvalue weighted by molar-refractivity contribution is -0.134. The summed E-state index contributed by atoms with van der Waals surface area (Å²) in [5.74, 6) is 1.12. The summed E-state index contributed by atoms with van der Waals surface area (Å²) in [6, 6.07) is 13.5. The van der Waals surface area contributed by atoms with Crippen LogP contribution in [0.2, 0.25) is 0 Å². The number of benzene rings is 2. The van der Waals surface area contributed by atoms with Crippen LogP contribution in [-0.2, 0) is 30.3 Å². The monoisotopic (exact) mass is 812 g/mol. The molecule has 16 heteroatoms. The maximum atomic E-state index is 13.5. The molecule has 2 aromatic heterocycles. The molecule has 2 amide bonds. The zero-order valence-corrected chi connectivity index (χ0v) is 34.8. The second kappa shape index (κ2) is 24.9. The number of H-pyrrole nitrogens is 1. The number of likely N-dealkylation sites (N-methyl/N-ethyl adjacent to an activating group) is 1. The minimum absolute atomic E-state index is 0.0107. The molecular formula is C43H60N10O6. The summed E-state index contributed by atoms with van der Waals surface area (Å²) in [6.07, 6.45) is 13.4. The van der Waals surface area contributed by atoms with Crippen molar-refractivity contribution in [2.45, 2.75) is 76.3 Å². The van der Waals surface area contributed by atoms with Crippen LogP contribution in [0, 0.1) is 5.92 Å². The zero-order valence-electron chi connectivity index (χ0n) is 34.8. The molecule has 3 fully saturated rings. The molecule has 1 aliphatic heterocycles. The summed E-state index contributed by atoms with van der Waals surface area (Å²) in [4.78, 5) is 57.9. The number of hydrogen-bond acceptors (Lipinski definition) is 13. The van der Waals surface area contributed by atoms with E-state index in [1.807, 2.05) is 48.5 Å². The predicted octanol–water partition coefficient (Wildman–Crippen LogP) is 5.46. The first-order chi connectivity index (χ1) is 28.8. The lowest BCUT2D eigenvalue weighted by Gasteiger charge is -2.29. The normalized spacial score (nSPS) is 15.5. The van der Waals surface area contributed by atoms with E-state index in [1.165, 1.54) is 33.5 Å². The van der Waals surface area contributed by atoms with Gasteiger partial charge in [-0.15, -0.1) is 10.2 Å². The number of carbonyl (C=O) groups is 4. The number of likely N-dealkylation sites (tertiary alicyclic amines) is 1. The van der Waals surface area contributed by atoms with Gasteiger partial charge in [0, 0.05) is 42.1 Å². The van der Waals surface area contributed by atoms with Crippen LogP contribution in [0.4, 0.5) is 16.2 Å². The highest BCUT2D eigenvalue weighted by Gasteiger charge is 2.42. The Hall–Kier alpha value is -5.74. The summed E-state index contributed by atoms with van der Waals surface area (Å²) in [7, 11) is 6.33. The molecule has 318 valence electrons. The molecule has 3 aliphatic rings. The molecule has 2 atom stereocenters. The number of nitrogens with one attached hydrogen (secondary N) is 5. The Morgan fingerprint density at radius 2 is 1.75 bits per heavy atom. The first-order valence-electron chi connectivity index (χ1n) is 20.3. The van der Waals surface area contributed by atoms with Crippen molar-refractivity contribution < 1.29 is 28.7 Å². The third-order valence-corrected chi connectivity index (χ3v) is 9.82. The molecule has 4 aromatic rings. The molecule has 1 saturated heterocycles. The fraction of sp³-hybridized carbons (Fsp3) is 0.488. The molecule has 59 heavy (non-hydrogen) atoms. The molecule has 16 nitrogen and oxygen atoms in total. The van der Waals surface area contributed by atoms with Crippen LogP contribution in [0.5, 0.6) is 0 Å². The Balaban J connectivity index is 0.000000560. The number of aromatic nitrogens is 4. The van der Waals surface area contributed by atoms with Gasteiger partial charge in [-0.2, -0.15) is 0 Å². The number of fused-ring (bicyclic) bond motifs is 1. The molecule has 0 spiro atoms. The lowest BCUT2D eigenvalue weighted by Crippen LogP contribution is -2.52. The van der Waals surface area contributed by atoms with E-state index in [9.17, 15) is 14.4 Å². The highest BCUT2D eigenvalue weighted by molar-refractivity contribution is 5.88. The van der Waals surface area contributed by atoms with E-state index in [2.05, 4.69) is 70.0 Å². The lowest BCUT2D eigenvalue weighted by atomic mass is 10.1. The molecular weight excluding hydrogens is 753 g/mol. The number of methoxy groups -OCH3 is 2. The Morgan fingerprint density at radius 1 is 0.983 bits per heavy atom. The highest BCUT2D eigenvalue weighted by atomic mass is 16.5. The number of imidazole rings is 1. The van der Waals surface area contributed by atoms with E-state index in [0.717, 1.165) is 103 Å². The minimum atomic E-state index is -0.571. The van der Waals surface area contributed by atoms with Crippen molar-refractivity contribution >= 4 is 53.8 Å². The number of aromatic amines is 1. The van der Waals surface area contributed by atoms with Gasteiger partial charge in [0.15, 0.2) is 0 Å². The van der Waals surface area contributed by atoms with Crippen molar-refractivity contribution in [3.8, 4) is 22.5 Å². The second-order valence-corrected chi connectivity index (χ2v) is 14.5. The number of anilines is 1. The number of aldehydes is 1. The molecule has 2 unspecified atom stereocenters. The largest absolute Gasteiger partial charge is 0.471 e. The fourth-order valence-corrected chi connectivity index (χ4v) is 6.37. The van der Waals surface area contributed by atoms with Gasteiger partial charge >= 0.3 is 6.09 Å². The second-order valence-electron chi connectivity index (χ2n) is 14.5. The van der Waals surface area contributed by atoms with Gasteiger partial charge in [0.05, 0.1) is 55.2 Å². The maximum Gasteiger partial charge on any atom is 0.407 e. The van der Waals surface area contributed by atoms with Crippen molar-refractivity contribution in [2.24, 2.45) is 10.9 Å². The SMILES string of the molecule is C1CC1.C=Nc1ccc(-c2cc3ccc(-c4cnc(CCCCNC)[nH]4)cc3nn2)cc1NCC1CCCN1C(=O)C(NC(=O)OC)C1CC1.CNCC=O.COC=O. The van der Waals surface area contributed by atoms with Crippen molar-refractivity contribution in [1.29, 1.82) is 0 Å². The van der Waals surface area contributed by atoms with Gasteiger partial charge in [-0.1, -0.05) is 37.5 Å². The standard InChI is InChI=1S/C35H43N9O3.C3H7NO.C3H6.C2H4O2/c1-36-15-5-4-8-32-39-21-31(40-32)25-12-11-23-17-28(42-43-29(23)18-25)24-13-14-27(37-2)30(19-24)38-20-26-7-6-16-44(26)34(45)33(22-9-10-22)41-35(46)47-3;1-4-2-3-5;1-2-3-1;1-4-2-3/h11-14,17-19,21-22,26,33,36,38H,2,4-10,15-16,20H2,1,3H3,(H,39,40)(H,41,46);3-4H,2H2,1H3;1-3H2;2H,1H3. The van der Waals surface area contributed by atoms with E-state index in [0.29, 0.717) is 31.8 Å². The average Bonchev–Trinajstić information content (AvgIpc) is 4.23. The van der Waals surface area contributed by atoms with Gasteiger partial charge in [0.1, 0.15) is 18.2 Å². The van der Waals surface area contributed by atoms with Crippen LogP contribution < -0.4 is 21.3 Å². The smallest absolute Gasteiger partial charge is 0.407 e. The Kier molecular flexibility index (Phi) is 19.4. The van der Waals surface area contributed by atoms with Crippen molar-refractivity contribution in [3.63, 3.8) is 0 Å². The fourth-order valence-electron chi connectivity index (χ4n) is 6.37. The molecule has 7 rings (SSSR count). The quantitative estimate of drug-likeness (QED) is 0.0512. The summed E-state index contributed by atoms with van der Waals surface area (Å²) in [5, 5.41) is 22.2. The van der Waals surface area contributed by atoms with Gasteiger partial charge in [0.2, 0.25) is 5.91 Å². The molecule has 2 aliphatic carbocycles. The van der Waals surface area contributed by atoms with E-state index < -0.39 is 12.1 Å². The molecule has 3 heterocycles. The third-order valence-electron chi connectivity index (χ3n) is 9.82. The molecule has 5 N–H and O–H groups in total. The highest BCUT2D eigenvalue weighted by Crippen LogP contribution is 2.35. The maximum absolute atomic E-state index is 13.5. The Bertz CT molecular complexity index is 1950. The summed E-state index contributed by atoms with van der Waals surface area (Å²) in [5.41, 5.74) is 5.95. The van der Waals surface area contributed by atoms with E-state index in [-0.39, 0.29) is 17.9 Å². The van der Waals surface area contributed by atoms with E-state index in [1.54, 1.807) is 7.05 Å². The number of carbonyl (C=O) groups excluding carboxylic acids is 4. The van der Waals surface area contributed by atoms with Gasteiger partial charge in [0.25, 0.3) is 6.47 Å². The number of ether oxygens (including phenoxy) is 2. The number of aryl methyl sites for hydroxylation is 1. The van der Waals surface area contributed by atoms with Crippen LogP contribution in [0.15, 0.2) is 53.7 Å². The molecule has 0 bridgehead atoms. The molecule has 2 aromatic carbocycles. The van der Waals surface area contributed by atoms with Crippen LogP contribution in [0.25, 0.3) is 33.4 Å². The summed E-state index contributed by atoms with van der Waals surface area (Å²) in [6.45, 7) is 6.81. The number of rotatable bonds is 17. The average molecular weight is 813 g/mol. The summed E-state index contributed by atoms with van der Waals surface area (Å²) >= 11 is 0. The van der Waals surface area contributed by atoms with Crippen molar-refractivity contribution in [3.05, 3.63) is 54.5 Å². The summed E-state index contributed by atoms with van der Waals surface area (Å²) < 4.78 is 8.64. The third kappa shape index (κ3) is 14.9. The number of amides is 2. The van der Waals surface area contributed by atoms with Crippen molar-refractivity contribution in [1.82, 2.24) is 41.0 Å². The Labute approximate surface area is 346 Å². The number of aliphatic imine (C=N–C) groups is 1. The van der Waals surface area contributed by atoms with Gasteiger partial charge in [-0.25, -0.2) is 9.78 Å². The van der Waals surface area contributed by atoms with Gasteiger partial charge in [-0.3, -0.25) is 14.6 Å². The van der Waals surface area contributed by atoms with Gasteiger partial charge < -0.3 is 45.4 Å². The predicted molar refractivity (Wildman–Crippen MR) is 231 cm³/mol. The number of alkyl carbamates (subject to hydrolysis) is 1. The van der Waals surface area contributed by atoms with E-state index in [4.69, 9.17) is 9.53 Å². The van der Waals surface area contributed by atoms with Gasteiger partial charge in [-0.05, 0) is 96.1 Å². The minimum Gasteiger partial charge on any atom is -0.471 e. The number of hydrogen-bond donors (Lipinski definition) is 5. The van der Waals surface area contributed by atoms with Crippen molar-refractivity contribution in [2.75, 3.05) is 59.8 Å². The Morgan fingerprint density at radius 3 is 2.37 bits per heavy atom. The zero-order chi connectivity index (χ0) is 42.4. The molecule has 2 saturated carbocycles. The topological polar surface area (TPSA) is 205 Å². The number of unbranched alkanes of at least 4 members (excludes halogenated alkanes) is 1. The van der Waals surface area contributed by atoms with E-state index >= 15 is 0 Å². The first kappa shape index (κ1) is 46.0. The van der Waals surface area contributed by atoms with Crippen LogP contribution in [0.3, 0.4) is 0 Å². The first-order valence-corrected chi connectivity index (χ1v) is 20.3. The van der Waals surface area contributed by atoms with Crippen LogP contribution >= 0.6 is 0 Å². The number of nitrogens with zero attached hydrogens (tertiary/aromatic N) is 5. The van der Waals surface area contributed by atoms with Crippen LogP contribution in [-0.4, -0.2) is 123 Å². The molecule has 0 radical (unpaired) electrons.